The van der Waals surface area contributed by atoms with Gasteiger partial charge in [-0.3, -0.25) is 4.79 Å². The number of rotatable bonds is 7. The lowest BCUT2D eigenvalue weighted by molar-refractivity contribution is -0.139. The van der Waals surface area contributed by atoms with Gasteiger partial charge in [0.25, 0.3) is 5.91 Å². The fourth-order valence-electron chi connectivity index (χ4n) is 3.30. The molecule has 0 saturated carbocycles. The Labute approximate surface area is 178 Å². The minimum atomic E-state index is -0.458. The van der Waals surface area contributed by atoms with E-state index in [1.165, 1.54) is 0 Å². The number of aromatic nitrogens is 1. The van der Waals surface area contributed by atoms with E-state index >= 15 is 0 Å². The molecular formula is C24H20N2O5. The molecule has 2 N–H and O–H groups in total. The van der Waals surface area contributed by atoms with E-state index in [0.717, 1.165) is 5.56 Å². The summed E-state index contributed by atoms with van der Waals surface area (Å²) in [4.78, 5) is 31.0. The second kappa shape index (κ2) is 8.31. The van der Waals surface area contributed by atoms with Crippen molar-refractivity contribution in [2.45, 2.75) is 6.92 Å². The first-order valence-electron chi connectivity index (χ1n) is 9.65. The summed E-state index contributed by atoms with van der Waals surface area (Å²) < 4.78 is 10.5. The molecule has 0 spiro atoms. The zero-order valence-electron chi connectivity index (χ0n) is 16.8. The normalized spacial score (nSPS) is 12.3. The van der Waals surface area contributed by atoms with Gasteiger partial charge in [-0.2, -0.15) is 0 Å². The maximum absolute atomic E-state index is 12.6. The van der Waals surface area contributed by atoms with Gasteiger partial charge in [0.15, 0.2) is 5.88 Å². The van der Waals surface area contributed by atoms with Crippen molar-refractivity contribution in [3.05, 3.63) is 83.4 Å². The van der Waals surface area contributed by atoms with Crippen LogP contribution in [0.3, 0.4) is 0 Å². The molecule has 0 atom stereocenters. The molecule has 0 saturated heterocycles. The highest BCUT2D eigenvalue weighted by atomic mass is 16.6. The Balaban J connectivity index is 1.50. The number of carbonyl (C=O) groups excluding carboxylic acids is 2. The largest absolute Gasteiger partial charge is 0.494 e. The lowest BCUT2D eigenvalue weighted by Crippen LogP contribution is -2.12. The third-order valence-corrected chi connectivity index (χ3v) is 4.77. The van der Waals surface area contributed by atoms with E-state index in [1.807, 2.05) is 30.3 Å². The number of ether oxygens (including phenoxy) is 2. The summed E-state index contributed by atoms with van der Waals surface area (Å²) >= 11 is 0. The molecule has 7 heteroatoms. The predicted octanol–water partition coefficient (Wildman–Crippen LogP) is 3.88. The number of hydrogen-bond acceptors (Lipinski definition) is 5. The molecule has 2 aromatic carbocycles. The standard InChI is InChI=1S/C24H20N2O5/c1-14(2)24(29)31-13-12-30-17-10-8-16(9-11-17)21-19-18(22(27)26-21)20(25-23(19)28)15-6-4-3-5-7-15/h3-11,25,28H,1,12-13H2,2H3. The fraction of sp³-hybridized carbons (Fsp3) is 0.125. The number of fused-ring (bicyclic) bond motifs is 1. The van der Waals surface area contributed by atoms with Gasteiger partial charge in [-0.05, 0) is 36.8 Å². The van der Waals surface area contributed by atoms with Crippen LogP contribution in [0.1, 0.15) is 28.4 Å². The van der Waals surface area contributed by atoms with E-state index in [9.17, 15) is 14.7 Å². The molecule has 0 unspecified atom stereocenters. The number of hydrogen-bond donors (Lipinski definition) is 2. The van der Waals surface area contributed by atoms with E-state index in [1.54, 1.807) is 31.2 Å². The Bertz CT molecular complexity index is 1190. The van der Waals surface area contributed by atoms with Gasteiger partial charge in [0, 0.05) is 11.1 Å². The van der Waals surface area contributed by atoms with Crippen LogP contribution in [0.5, 0.6) is 11.6 Å². The van der Waals surface area contributed by atoms with Crippen LogP contribution < -0.4 is 4.74 Å². The van der Waals surface area contributed by atoms with Crippen LogP contribution in [-0.2, 0) is 9.53 Å². The number of H-pyrrole nitrogens is 1. The Morgan fingerprint density at radius 2 is 1.74 bits per heavy atom. The zero-order valence-corrected chi connectivity index (χ0v) is 16.8. The van der Waals surface area contributed by atoms with Crippen LogP contribution >= 0.6 is 0 Å². The van der Waals surface area contributed by atoms with E-state index in [0.29, 0.717) is 39.4 Å². The number of esters is 1. The molecule has 1 aliphatic rings. The smallest absolute Gasteiger partial charge is 0.333 e. The third kappa shape index (κ3) is 3.98. The molecule has 0 aliphatic carbocycles. The molecule has 2 heterocycles. The maximum Gasteiger partial charge on any atom is 0.333 e. The van der Waals surface area contributed by atoms with Gasteiger partial charge in [-0.25, -0.2) is 9.79 Å². The second-order valence-electron chi connectivity index (χ2n) is 7.02. The molecule has 31 heavy (non-hydrogen) atoms. The van der Waals surface area contributed by atoms with Crippen molar-refractivity contribution in [2.24, 2.45) is 4.99 Å². The maximum atomic E-state index is 12.6. The molecule has 156 valence electrons. The second-order valence-corrected chi connectivity index (χ2v) is 7.02. The number of amides is 1. The third-order valence-electron chi connectivity index (χ3n) is 4.77. The average molecular weight is 416 g/mol. The highest BCUT2D eigenvalue weighted by molar-refractivity contribution is 6.30. The monoisotopic (exact) mass is 416 g/mol. The van der Waals surface area contributed by atoms with Crippen LogP contribution in [0.15, 0.2) is 71.7 Å². The van der Waals surface area contributed by atoms with Crippen molar-refractivity contribution in [1.82, 2.24) is 4.98 Å². The summed E-state index contributed by atoms with van der Waals surface area (Å²) in [5.41, 5.74) is 3.49. The van der Waals surface area contributed by atoms with Crippen LogP contribution in [-0.4, -0.2) is 40.9 Å². The Morgan fingerprint density at radius 1 is 1.03 bits per heavy atom. The Morgan fingerprint density at radius 3 is 2.42 bits per heavy atom. The molecule has 1 aliphatic heterocycles. The van der Waals surface area contributed by atoms with Crippen LogP contribution in [0, 0.1) is 0 Å². The number of nitrogens with zero attached hydrogens (tertiary/aromatic N) is 1. The summed E-state index contributed by atoms with van der Waals surface area (Å²) in [7, 11) is 0. The Hall–Kier alpha value is -4.13. The lowest BCUT2D eigenvalue weighted by atomic mass is 10.0. The summed E-state index contributed by atoms with van der Waals surface area (Å²) in [5, 5.41) is 10.5. The van der Waals surface area contributed by atoms with E-state index in [2.05, 4.69) is 16.6 Å². The zero-order chi connectivity index (χ0) is 22.0. The SMILES string of the molecule is C=C(C)C(=O)OCCOc1ccc(C2=NC(=O)c3c(-c4ccccc4)[nH]c(O)c32)cc1. The fourth-order valence-corrected chi connectivity index (χ4v) is 3.30. The van der Waals surface area contributed by atoms with Gasteiger partial charge >= 0.3 is 5.97 Å². The predicted molar refractivity (Wildman–Crippen MR) is 116 cm³/mol. The van der Waals surface area contributed by atoms with Crippen molar-refractivity contribution in [2.75, 3.05) is 13.2 Å². The number of aromatic amines is 1. The van der Waals surface area contributed by atoms with Crippen molar-refractivity contribution in [3.63, 3.8) is 0 Å². The van der Waals surface area contributed by atoms with Crippen LogP contribution in [0.2, 0.25) is 0 Å². The first-order chi connectivity index (χ1) is 15.0. The van der Waals surface area contributed by atoms with E-state index in [4.69, 9.17) is 9.47 Å². The highest BCUT2D eigenvalue weighted by Gasteiger charge is 2.33. The minimum absolute atomic E-state index is 0.0990. The molecule has 7 nitrogen and oxygen atoms in total. The number of aromatic hydroxyl groups is 1. The summed E-state index contributed by atoms with van der Waals surface area (Å²) in [5.74, 6) is -0.387. The van der Waals surface area contributed by atoms with Crippen LogP contribution in [0.25, 0.3) is 11.3 Å². The molecule has 1 amide bonds. The summed E-state index contributed by atoms with van der Waals surface area (Å²) in [6.45, 7) is 5.40. The van der Waals surface area contributed by atoms with Crippen molar-refractivity contribution in [1.29, 1.82) is 0 Å². The number of aliphatic imine (C=N–C) groups is 1. The van der Waals surface area contributed by atoms with Crippen molar-refractivity contribution < 1.29 is 24.2 Å². The topological polar surface area (TPSA) is 101 Å². The van der Waals surface area contributed by atoms with Crippen molar-refractivity contribution in [3.8, 4) is 22.9 Å². The highest BCUT2D eigenvalue weighted by Crippen LogP contribution is 2.38. The van der Waals surface area contributed by atoms with Gasteiger partial charge in [0.1, 0.15) is 19.0 Å². The number of benzene rings is 2. The van der Waals surface area contributed by atoms with E-state index < -0.39 is 11.9 Å². The minimum Gasteiger partial charge on any atom is -0.494 e. The van der Waals surface area contributed by atoms with Gasteiger partial charge < -0.3 is 19.6 Å². The molecular weight excluding hydrogens is 396 g/mol. The number of nitrogens with one attached hydrogen (secondary N) is 1. The molecule has 0 bridgehead atoms. The molecule has 4 rings (SSSR count). The number of carbonyl (C=O) groups is 2. The lowest BCUT2D eigenvalue weighted by Gasteiger charge is -2.08. The summed E-state index contributed by atoms with van der Waals surface area (Å²) in [6.07, 6.45) is 0. The molecule has 0 fully saturated rings. The Kier molecular flexibility index (Phi) is 5.41. The van der Waals surface area contributed by atoms with E-state index in [-0.39, 0.29) is 19.1 Å². The average Bonchev–Trinajstić information content (AvgIpc) is 3.30. The summed E-state index contributed by atoms with van der Waals surface area (Å²) in [6, 6.07) is 16.3. The molecule has 0 radical (unpaired) electrons. The quantitative estimate of drug-likeness (QED) is 0.346. The molecule has 1 aromatic heterocycles. The van der Waals surface area contributed by atoms with Gasteiger partial charge in [-0.15, -0.1) is 0 Å². The van der Waals surface area contributed by atoms with Crippen LogP contribution in [0.4, 0.5) is 0 Å². The first-order valence-corrected chi connectivity index (χ1v) is 9.65. The van der Waals surface area contributed by atoms with Gasteiger partial charge in [-0.1, -0.05) is 36.9 Å². The van der Waals surface area contributed by atoms with Gasteiger partial charge in [0.2, 0.25) is 0 Å². The van der Waals surface area contributed by atoms with Crippen molar-refractivity contribution >= 4 is 17.6 Å². The molecule has 3 aromatic rings. The van der Waals surface area contributed by atoms with Gasteiger partial charge in [0.05, 0.1) is 22.5 Å². The first kappa shape index (κ1) is 20.2.